The zero-order valence-corrected chi connectivity index (χ0v) is 19.0. The fraction of sp³-hybridized carbons (Fsp3) is 0.650. The van der Waals surface area contributed by atoms with Crippen LogP contribution < -0.4 is 15.4 Å². The third-order valence-corrected chi connectivity index (χ3v) is 5.18. The molecule has 26 heavy (non-hydrogen) atoms. The van der Waals surface area contributed by atoms with Crippen molar-refractivity contribution in [3.05, 3.63) is 29.8 Å². The largest absolute Gasteiger partial charge is 0.492 e. The van der Waals surface area contributed by atoms with Crippen molar-refractivity contribution in [3.8, 4) is 5.75 Å². The number of hydrogen-bond donors (Lipinski definition) is 2. The molecule has 2 rings (SSSR count). The average Bonchev–Trinajstić information content (AvgIpc) is 2.57. The van der Waals surface area contributed by atoms with Gasteiger partial charge in [-0.05, 0) is 56.5 Å². The van der Waals surface area contributed by atoms with Gasteiger partial charge in [0.1, 0.15) is 12.4 Å². The van der Waals surface area contributed by atoms with Crippen molar-refractivity contribution >= 4 is 29.9 Å². The normalized spacial score (nSPS) is 15.8. The second-order valence-corrected chi connectivity index (χ2v) is 7.29. The summed E-state index contributed by atoms with van der Waals surface area (Å²) in [6.07, 6.45) is 5.27. The van der Waals surface area contributed by atoms with Crippen LogP contribution in [0, 0.1) is 5.41 Å². The number of nitrogens with one attached hydrogen (secondary N) is 2. The molecule has 1 aromatic rings. The Morgan fingerprint density at radius 2 is 2.04 bits per heavy atom. The van der Waals surface area contributed by atoms with Crippen LogP contribution >= 0.6 is 24.0 Å². The highest BCUT2D eigenvalue weighted by Gasteiger charge is 2.34. The number of aliphatic imine (C=N–C) groups is 1. The molecule has 0 aromatic heterocycles. The molecule has 0 spiro atoms. The maximum absolute atomic E-state index is 5.80. The van der Waals surface area contributed by atoms with E-state index in [1.54, 1.807) is 0 Å². The third kappa shape index (κ3) is 7.31. The lowest BCUT2D eigenvalue weighted by Crippen LogP contribution is -2.46. The Bertz CT molecular complexity index is 553. The van der Waals surface area contributed by atoms with Crippen LogP contribution in [0.15, 0.2) is 29.3 Å². The van der Waals surface area contributed by atoms with Gasteiger partial charge < -0.3 is 20.3 Å². The lowest BCUT2D eigenvalue weighted by atomic mass is 9.67. The second kappa shape index (κ2) is 11.6. The van der Waals surface area contributed by atoms with Gasteiger partial charge in [-0.25, -0.2) is 0 Å². The van der Waals surface area contributed by atoms with Gasteiger partial charge in [-0.2, -0.15) is 0 Å². The van der Waals surface area contributed by atoms with E-state index >= 15 is 0 Å². The molecule has 0 unspecified atom stereocenters. The number of guanidine groups is 1. The van der Waals surface area contributed by atoms with E-state index < -0.39 is 0 Å². The molecule has 0 saturated heterocycles. The molecule has 1 aliphatic rings. The number of halogens is 1. The number of hydrogen-bond acceptors (Lipinski definition) is 3. The molecule has 2 N–H and O–H groups in total. The van der Waals surface area contributed by atoms with Gasteiger partial charge in [-0.1, -0.05) is 25.5 Å². The Kier molecular flexibility index (Phi) is 10.3. The summed E-state index contributed by atoms with van der Waals surface area (Å²) in [5.41, 5.74) is 1.68. The molecular weight excluding hydrogens is 439 g/mol. The Morgan fingerprint density at radius 1 is 1.27 bits per heavy atom. The monoisotopic (exact) mass is 474 g/mol. The van der Waals surface area contributed by atoms with Crippen LogP contribution in [0.5, 0.6) is 5.75 Å². The van der Waals surface area contributed by atoms with Crippen LogP contribution in [0.3, 0.4) is 0 Å². The van der Waals surface area contributed by atoms with E-state index in [0.29, 0.717) is 12.0 Å². The van der Waals surface area contributed by atoms with Crippen LogP contribution in [0.4, 0.5) is 0 Å². The zero-order valence-electron chi connectivity index (χ0n) is 16.7. The van der Waals surface area contributed by atoms with E-state index in [4.69, 9.17) is 4.74 Å². The Labute approximate surface area is 176 Å². The van der Waals surface area contributed by atoms with Gasteiger partial charge in [0.05, 0.1) is 0 Å². The summed E-state index contributed by atoms with van der Waals surface area (Å²) in [5.74, 6) is 1.79. The summed E-state index contributed by atoms with van der Waals surface area (Å²) in [4.78, 5) is 6.47. The van der Waals surface area contributed by atoms with E-state index in [9.17, 15) is 0 Å². The van der Waals surface area contributed by atoms with Crippen LogP contribution in [0.25, 0.3) is 0 Å². The maximum atomic E-state index is 5.80. The first-order valence-corrected chi connectivity index (χ1v) is 9.38. The van der Waals surface area contributed by atoms with E-state index in [2.05, 4.69) is 53.7 Å². The molecule has 5 nitrogen and oxygen atoms in total. The minimum Gasteiger partial charge on any atom is -0.492 e. The van der Waals surface area contributed by atoms with Gasteiger partial charge >= 0.3 is 0 Å². The quantitative estimate of drug-likeness (QED) is 0.327. The number of ether oxygens (including phenoxy) is 1. The highest BCUT2D eigenvalue weighted by atomic mass is 127. The fourth-order valence-electron chi connectivity index (χ4n) is 3.10. The summed E-state index contributed by atoms with van der Waals surface area (Å²) in [6, 6.07) is 8.25. The minimum absolute atomic E-state index is 0. The zero-order chi connectivity index (χ0) is 18.1. The van der Waals surface area contributed by atoms with Crippen LogP contribution in [0.1, 0.15) is 38.2 Å². The van der Waals surface area contributed by atoms with Crippen molar-refractivity contribution in [1.82, 2.24) is 15.5 Å². The van der Waals surface area contributed by atoms with E-state index in [0.717, 1.165) is 31.3 Å². The third-order valence-electron chi connectivity index (χ3n) is 5.18. The highest BCUT2D eigenvalue weighted by molar-refractivity contribution is 14.0. The fourth-order valence-corrected chi connectivity index (χ4v) is 3.10. The standard InChI is InChI=1S/C20H34N4O.HI/c1-5-20(10-7-11-20)16-23-19(21-2)22-15-17-8-6-9-18(14-17)25-13-12-24(3)4;/h6,8-9,14H,5,7,10-13,15-16H2,1-4H3,(H2,21,22,23);1H. The lowest BCUT2D eigenvalue weighted by Gasteiger charge is -2.41. The van der Waals surface area contributed by atoms with Crippen molar-refractivity contribution < 1.29 is 4.74 Å². The molecule has 0 radical (unpaired) electrons. The summed E-state index contributed by atoms with van der Waals surface area (Å²) >= 11 is 0. The van der Waals surface area contributed by atoms with Crippen LogP contribution in [-0.4, -0.2) is 51.7 Å². The molecule has 0 heterocycles. The Balaban J connectivity index is 0.00000338. The first-order valence-electron chi connectivity index (χ1n) is 9.38. The van der Waals surface area contributed by atoms with Gasteiger partial charge in [0.2, 0.25) is 0 Å². The van der Waals surface area contributed by atoms with Crippen LogP contribution in [-0.2, 0) is 6.54 Å². The first kappa shape index (κ1) is 23.0. The van der Waals surface area contributed by atoms with Gasteiger partial charge in [-0.15, -0.1) is 24.0 Å². The Morgan fingerprint density at radius 3 is 2.62 bits per heavy atom. The Hall–Kier alpha value is -1.02. The van der Waals surface area contributed by atoms with E-state index in [1.165, 1.54) is 31.2 Å². The molecule has 1 aromatic carbocycles. The SMILES string of the molecule is CCC1(CNC(=NC)NCc2cccc(OCCN(C)C)c2)CCC1.I. The van der Waals surface area contributed by atoms with Crippen molar-refractivity contribution in [2.45, 2.75) is 39.2 Å². The summed E-state index contributed by atoms with van der Waals surface area (Å²) in [5, 5.41) is 6.90. The number of benzene rings is 1. The number of likely N-dealkylation sites (N-methyl/N-ethyl adjacent to an activating group) is 1. The molecule has 0 aliphatic heterocycles. The minimum atomic E-state index is 0. The van der Waals surface area contributed by atoms with E-state index in [-0.39, 0.29) is 24.0 Å². The highest BCUT2D eigenvalue weighted by Crippen LogP contribution is 2.42. The predicted octanol–water partition coefficient (Wildman–Crippen LogP) is 3.49. The van der Waals surface area contributed by atoms with Gasteiger partial charge in [0.15, 0.2) is 5.96 Å². The van der Waals surface area contributed by atoms with Crippen molar-refractivity contribution in [2.24, 2.45) is 10.4 Å². The predicted molar refractivity (Wildman–Crippen MR) is 121 cm³/mol. The molecule has 1 aliphatic carbocycles. The smallest absolute Gasteiger partial charge is 0.191 e. The first-order chi connectivity index (χ1) is 12.1. The van der Waals surface area contributed by atoms with Crippen LogP contribution in [0.2, 0.25) is 0 Å². The van der Waals surface area contributed by atoms with E-state index in [1.807, 2.05) is 19.2 Å². The molecular formula is C20H35IN4O. The van der Waals surface area contributed by atoms with Crippen molar-refractivity contribution in [2.75, 3.05) is 40.8 Å². The maximum Gasteiger partial charge on any atom is 0.191 e. The van der Waals surface area contributed by atoms with Crippen molar-refractivity contribution in [1.29, 1.82) is 0 Å². The van der Waals surface area contributed by atoms with Gasteiger partial charge in [0.25, 0.3) is 0 Å². The van der Waals surface area contributed by atoms with Crippen molar-refractivity contribution in [3.63, 3.8) is 0 Å². The number of rotatable bonds is 9. The number of nitrogens with zero attached hydrogens (tertiary/aromatic N) is 2. The average molecular weight is 474 g/mol. The second-order valence-electron chi connectivity index (χ2n) is 7.29. The molecule has 6 heteroatoms. The molecule has 1 fully saturated rings. The molecule has 1 saturated carbocycles. The summed E-state index contributed by atoms with van der Waals surface area (Å²) < 4.78 is 5.80. The molecule has 0 bridgehead atoms. The summed E-state index contributed by atoms with van der Waals surface area (Å²) in [6.45, 7) is 5.66. The molecule has 0 amide bonds. The van der Waals surface area contributed by atoms with Gasteiger partial charge in [-0.3, -0.25) is 4.99 Å². The lowest BCUT2D eigenvalue weighted by molar-refractivity contribution is 0.131. The van der Waals surface area contributed by atoms with Gasteiger partial charge in [0, 0.05) is 26.7 Å². The topological polar surface area (TPSA) is 48.9 Å². The molecule has 0 atom stereocenters. The summed E-state index contributed by atoms with van der Waals surface area (Å²) in [7, 11) is 5.93. The molecule has 148 valence electrons.